The Bertz CT molecular complexity index is 274. The zero-order valence-corrected chi connectivity index (χ0v) is 6.68. The molecule has 0 aliphatic rings. The number of rotatable bonds is 1. The minimum absolute atomic E-state index is 0.0779. The second kappa shape index (κ2) is 2.93. The Morgan fingerprint density at radius 2 is 2.18 bits per heavy atom. The van der Waals surface area contributed by atoms with Gasteiger partial charge in [0, 0.05) is 10.6 Å². The molecule has 0 heterocycles. The average Bonchev–Trinajstić information content (AvgIpc) is 1.85. The molecule has 0 aromatic heterocycles. The Labute approximate surface area is 69.4 Å². The van der Waals surface area contributed by atoms with E-state index in [9.17, 15) is 9.90 Å². The summed E-state index contributed by atoms with van der Waals surface area (Å²) >= 11 is 5.60. The fraction of sp³-hybridized carbons (Fsp3) is 0.125. The lowest BCUT2D eigenvalue weighted by Gasteiger charge is -2.07. The zero-order valence-electron chi connectivity index (χ0n) is 5.93. The second-order valence-corrected chi connectivity index (χ2v) is 2.63. The molecule has 0 spiro atoms. The number of carboxylic acid groups (broad SMARTS) is 1. The van der Waals surface area contributed by atoms with Crippen LogP contribution in [0.2, 0.25) is 5.02 Å². The molecule has 0 radical (unpaired) electrons. The molecule has 0 amide bonds. The molecule has 0 saturated carbocycles. The van der Waals surface area contributed by atoms with E-state index < -0.39 is 5.97 Å². The van der Waals surface area contributed by atoms with E-state index in [1.54, 1.807) is 19.1 Å². The predicted octanol–water partition coefficient (Wildman–Crippen LogP) is 1.01. The van der Waals surface area contributed by atoms with Gasteiger partial charge in [0.2, 0.25) is 0 Å². The summed E-state index contributed by atoms with van der Waals surface area (Å²) in [6, 6.07) is 4.90. The van der Waals surface area contributed by atoms with Crippen molar-refractivity contribution in [2.75, 3.05) is 0 Å². The van der Waals surface area contributed by atoms with E-state index in [0.717, 1.165) is 0 Å². The maximum Gasteiger partial charge on any atom is 0.0732 e. The molecule has 0 bridgehead atoms. The molecule has 1 aromatic rings. The van der Waals surface area contributed by atoms with Crippen LogP contribution in [-0.2, 0) is 0 Å². The highest BCUT2D eigenvalue weighted by Gasteiger charge is 2.02. The standard InChI is InChI=1S/C8H7ClO2/c1-5-3-2-4-6(9)7(5)8(10)11/h2-4H,1H3,(H,10,11)/p-1. The molecular formula is C8H6ClO2-. The molecule has 0 fully saturated rings. The Hall–Kier alpha value is -1.02. The summed E-state index contributed by atoms with van der Waals surface area (Å²) in [5, 5.41) is 10.7. The molecule has 1 aromatic carbocycles. The molecule has 0 N–H and O–H groups in total. The Morgan fingerprint density at radius 1 is 1.55 bits per heavy atom. The number of aromatic carboxylic acids is 1. The van der Waals surface area contributed by atoms with Crippen molar-refractivity contribution in [3.63, 3.8) is 0 Å². The van der Waals surface area contributed by atoms with Crippen LogP contribution in [0.5, 0.6) is 0 Å². The third-order valence-electron chi connectivity index (χ3n) is 1.43. The summed E-state index contributed by atoms with van der Waals surface area (Å²) in [5.41, 5.74) is 0.701. The van der Waals surface area contributed by atoms with E-state index >= 15 is 0 Å². The third-order valence-corrected chi connectivity index (χ3v) is 1.74. The van der Waals surface area contributed by atoms with E-state index in [4.69, 9.17) is 11.6 Å². The van der Waals surface area contributed by atoms with Crippen molar-refractivity contribution in [2.45, 2.75) is 6.92 Å². The molecule has 0 aliphatic carbocycles. The van der Waals surface area contributed by atoms with E-state index in [1.807, 2.05) is 0 Å². The first-order chi connectivity index (χ1) is 5.13. The van der Waals surface area contributed by atoms with Crippen LogP contribution < -0.4 is 5.11 Å². The minimum atomic E-state index is -1.23. The van der Waals surface area contributed by atoms with E-state index in [-0.39, 0.29) is 10.6 Å². The molecule has 1 rings (SSSR count). The van der Waals surface area contributed by atoms with Gasteiger partial charge >= 0.3 is 0 Å². The van der Waals surface area contributed by atoms with Gasteiger partial charge in [-0.15, -0.1) is 0 Å². The number of hydrogen-bond donors (Lipinski definition) is 0. The zero-order chi connectivity index (χ0) is 8.43. The highest BCUT2D eigenvalue weighted by Crippen LogP contribution is 2.17. The molecule has 58 valence electrons. The molecule has 3 heteroatoms. The first-order valence-electron chi connectivity index (χ1n) is 3.09. The molecule has 0 unspecified atom stereocenters. The van der Waals surface area contributed by atoms with Crippen LogP contribution in [0, 0.1) is 6.92 Å². The SMILES string of the molecule is Cc1cccc(Cl)c1C(=O)[O-]. The highest BCUT2D eigenvalue weighted by atomic mass is 35.5. The third kappa shape index (κ3) is 1.52. The van der Waals surface area contributed by atoms with Gasteiger partial charge in [-0.05, 0) is 18.6 Å². The van der Waals surface area contributed by atoms with Crippen LogP contribution in [0.1, 0.15) is 15.9 Å². The lowest BCUT2D eigenvalue weighted by atomic mass is 10.1. The lowest BCUT2D eigenvalue weighted by molar-refractivity contribution is -0.255. The van der Waals surface area contributed by atoms with Crippen LogP contribution in [0.4, 0.5) is 0 Å². The average molecular weight is 170 g/mol. The van der Waals surface area contributed by atoms with E-state index in [0.29, 0.717) is 5.56 Å². The summed E-state index contributed by atoms with van der Waals surface area (Å²) in [6.07, 6.45) is 0. The minimum Gasteiger partial charge on any atom is -0.545 e. The van der Waals surface area contributed by atoms with Crippen molar-refractivity contribution in [1.82, 2.24) is 0 Å². The van der Waals surface area contributed by atoms with Gasteiger partial charge in [0.25, 0.3) is 0 Å². The van der Waals surface area contributed by atoms with Crippen LogP contribution in [0.25, 0.3) is 0 Å². The van der Waals surface area contributed by atoms with E-state index in [2.05, 4.69) is 0 Å². The van der Waals surface area contributed by atoms with Gasteiger partial charge in [-0.3, -0.25) is 0 Å². The number of halogens is 1. The van der Waals surface area contributed by atoms with Crippen LogP contribution in [-0.4, -0.2) is 5.97 Å². The topological polar surface area (TPSA) is 40.1 Å². The van der Waals surface area contributed by atoms with Gasteiger partial charge in [0.1, 0.15) is 0 Å². The molecule has 0 saturated heterocycles. The van der Waals surface area contributed by atoms with Gasteiger partial charge in [0.05, 0.1) is 5.97 Å². The summed E-state index contributed by atoms with van der Waals surface area (Å²) in [7, 11) is 0. The lowest BCUT2D eigenvalue weighted by Crippen LogP contribution is -2.23. The van der Waals surface area contributed by atoms with Gasteiger partial charge in [-0.25, -0.2) is 0 Å². The molecule has 0 atom stereocenters. The van der Waals surface area contributed by atoms with Crippen molar-refractivity contribution in [2.24, 2.45) is 0 Å². The van der Waals surface area contributed by atoms with Gasteiger partial charge in [0.15, 0.2) is 0 Å². The van der Waals surface area contributed by atoms with E-state index in [1.165, 1.54) is 6.07 Å². The number of carbonyl (C=O) groups is 1. The summed E-state index contributed by atoms with van der Waals surface area (Å²) < 4.78 is 0. The number of carboxylic acids is 1. The molecule has 11 heavy (non-hydrogen) atoms. The largest absolute Gasteiger partial charge is 0.545 e. The monoisotopic (exact) mass is 169 g/mol. The Balaban J connectivity index is 3.32. The molecular weight excluding hydrogens is 164 g/mol. The smallest absolute Gasteiger partial charge is 0.0732 e. The van der Waals surface area contributed by atoms with Crippen molar-refractivity contribution < 1.29 is 9.90 Å². The first kappa shape index (κ1) is 8.08. The predicted molar refractivity (Wildman–Crippen MR) is 40.5 cm³/mol. The summed E-state index contributed by atoms with van der Waals surface area (Å²) in [6.45, 7) is 1.68. The van der Waals surface area contributed by atoms with Gasteiger partial charge in [-0.2, -0.15) is 0 Å². The molecule has 2 nitrogen and oxygen atoms in total. The number of carbonyl (C=O) groups excluding carboxylic acids is 1. The van der Waals surface area contributed by atoms with Crippen LogP contribution in [0.15, 0.2) is 18.2 Å². The van der Waals surface area contributed by atoms with Crippen LogP contribution in [0.3, 0.4) is 0 Å². The van der Waals surface area contributed by atoms with Crippen molar-refractivity contribution in [3.05, 3.63) is 34.3 Å². The first-order valence-corrected chi connectivity index (χ1v) is 3.47. The fourth-order valence-corrected chi connectivity index (χ4v) is 1.19. The normalized spacial score (nSPS) is 9.64. The Morgan fingerprint density at radius 3 is 2.55 bits per heavy atom. The fourth-order valence-electron chi connectivity index (χ4n) is 0.890. The van der Waals surface area contributed by atoms with Crippen molar-refractivity contribution >= 4 is 17.6 Å². The quantitative estimate of drug-likeness (QED) is 0.630. The summed E-state index contributed by atoms with van der Waals surface area (Å²) in [4.78, 5) is 10.4. The number of hydrogen-bond acceptors (Lipinski definition) is 2. The number of aryl methyl sites for hydroxylation is 1. The van der Waals surface area contributed by atoms with Crippen molar-refractivity contribution in [3.8, 4) is 0 Å². The number of benzene rings is 1. The highest BCUT2D eigenvalue weighted by molar-refractivity contribution is 6.33. The van der Waals surface area contributed by atoms with Crippen molar-refractivity contribution in [1.29, 1.82) is 0 Å². The second-order valence-electron chi connectivity index (χ2n) is 2.22. The summed E-state index contributed by atoms with van der Waals surface area (Å²) in [5.74, 6) is -1.23. The Kier molecular flexibility index (Phi) is 2.15. The maximum atomic E-state index is 10.4. The van der Waals surface area contributed by atoms with Crippen LogP contribution >= 0.6 is 11.6 Å². The molecule has 0 aliphatic heterocycles. The maximum absolute atomic E-state index is 10.4. The van der Waals surface area contributed by atoms with Gasteiger partial charge in [-0.1, -0.05) is 23.7 Å². The van der Waals surface area contributed by atoms with Gasteiger partial charge < -0.3 is 9.90 Å².